The van der Waals surface area contributed by atoms with Crippen LogP contribution in [0.25, 0.3) is 0 Å². The van der Waals surface area contributed by atoms with Gasteiger partial charge in [0, 0.05) is 6.54 Å². The quantitative estimate of drug-likeness (QED) is 0.658. The molecule has 0 aliphatic carbocycles. The maximum absolute atomic E-state index is 10.7. The van der Waals surface area contributed by atoms with Crippen molar-refractivity contribution in [1.82, 2.24) is 9.78 Å². The van der Waals surface area contributed by atoms with Crippen LogP contribution in [0.1, 0.15) is 13.3 Å². The van der Waals surface area contributed by atoms with E-state index in [0.717, 1.165) is 6.54 Å². The van der Waals surface area contributed by atoms with Crippen molar-refractivity contribution in [2.75, 3.05) is 13.7 Å². The molecule has 1 aromatic rings. The summed E-state index contributed by atoms with van der Waals surface area (Å²) in [4.78, 5) is 10.7. The number of ether oxygens (including phenoxy) is 2. The van der Waals surface area contributed by atoms with Gasteiger partial charge in [-0.3, -0.25) is 9.48 Å². The zero-order chi connectivity index (χ0) is 10.4. The third kappa shape index (κ3) is 3.08. The molecule has 0 spiro atoms. The van der Waals surface area contributed by atoms with Crippen molar-refractivity contribution in [3.05, 3.63) is 12.4 Å². The minimum absolute atomic E-state index is 0.258. The molecule has 5 heteroatoms. The van der Waals surface area contributed by atoms with Gasteiger partial charge in [0.25, 0.3) is 0 Å². The molecule has 5 nitrogen and oxygen atoms in total. The molecule has 0 aromatic carbocycles. The van der Waals surface area contributed by atoms with Crippen LogP contribution in [0.4, 0.5) is 0 Å². The molecule has 0 fully saturated rings. The first kappa shape index (κ1) is 10.6. The number of aryl methyl sites for hydroxylation is 1. The van der Waals surface area contributed by atoms with Crippen LogP contribution in [0.5, 0.6) is 5.75 Å². The molecule has 78 valence electrons. The van der Waals surface area contributed by atoms with E-state index in [1.807, 2.05) is 6.92 Å². The van der Waals surface area contributed by atoms with Gasteiger partial charge in [0.2, 0.25) is 0 Å². The number of hydrogen-bond acceptors (Lipinski definition) is 4. The van der Waals surface area contributed by atoms with Crippen LogP contribution in [-0.4, -0.2) is 29.5 Å². The molecule has 0 atom stereocenters. The van der Waals surface area contributed by atoms with Crippen molar-refractivity contribution >= 4 is 5.97 Å². The maximum atomic E-state index is 10.7. The molecular formula is C9H14N2O3. The van der Waals surface area contributed by atoms with Crippen molar-refractivity contribution in [2.45, 2.75) is 19.9 Å². The predicted octanol–water partition coefficient (Wildman–Crippen LogP) is 0.845. The van der Waals surface area contributed by atoms with E-state index in [0.29, 0.717) is 12.4 Å². The Balaban J connectivity index is 2.27. The standard InChI is InChI=1S/C9H14N2O3/c1-3-11-7-8(6-10-11)14-5-4-9(12)13-2/h6-7H,3-5H2,1-2H3. The summed E-state index contributed by atoms with van der Waals surface area (Å²) in [5.41, 5.74) is 0. The van der Waals surface area contributed by atoms with E-state index >= 15 is 0 Å². The molecule has 1 heterocycles. The summed E-state index contributed by atoms with van der Waals surface area (Å²) < 4.78 is 11.5. The van der Waals surface area contributed by atoms with E-state index in [-0.39, 0.29) is 12.4 Å². The summed E-state index contributed by atoms with van der Waals surface area (Å²) in [6, 6.07) is 0. The second-order valence-corrected chi connectivity index (χ2v) is 2.71. The average molecular weight is 198 g/mol. The fraction of sp³-hybridized carbons (Fsp3) is 0.556. The van der Waals surface area contributed by atoms with E-state index in [1.54, 1.807) is 17.1 Å². The van der Waals surface area contributed by atoms with Gasteiger partial charge in [0.15, 0.2) is 5.75 Å². The number of esters is 1. The fourth-order valence-electron chi connectivity index (χ4n) is 0.946. The van der Waals surface area contributed by atoms with Crippen LogP contribution >= 0.6 is 0 Å². The lowest BCUT2D eigenvalue weighted by Gasteiger charge is -2.01. The van der Waals surface area contributed by atoms with Crippen molar-refractivity contribution in [3.63, 3.8) is 0 Å². The van der Waals surface area contributed by atoms with E-state index in [1.165, 1.54) is 7.11 Å². The first-order valence-electron chi connectivity index (χ1n) is 4.48. The second-order valence-electron chi connectivity index (χ2n) is 2.71. The topological polar surface area (TPSA) is 53.4 Å². The van der Waals surface area contributed by atoms with Crippen LogP contribution in [-0.2, 0) is 16.1 Å². The van der Waals surface area contributed by atoms with E-state index in [9.17, 15) is 4.79 Å². The highest BCUT2D eigenvalue weighted by molar-refractivity contribution is 5.69. The summed E-state index contributed by atoms with van der Waals surface area (Å²) in [5, 5.41) is 4.03. The molecule has 0 aliphatic heterocycles. The highest BCUT2D eigenvalue weighted by Crippen LogP contribution is 2.08. The number of carbonyl (C=O) groups excluding carboxylic acids is 1. The molecule has 0 radical (unpaired) electrons. The number of rotatable bonds is 5. The highest BCUT2D eigenvalue weighted by atomic mass is 16.5. The van der Waals surface area contributed by atoms with Crippen LogP contribution < -0.4 is 4.74 Å². The Kier molecular flexibility index (Phi) is 3.97. The highest BCUT2D eigenvalue weighted by Gasteiger charge is 2.02. The first-order valence-corrected chi connectivity index (χ1v) is 4.48. The third-order valence-electron chi connectivity index (χ3n) is 1.74. The molecule has 0 saturated carbocycles. The van der Waals surface area contributed by atoms with Gasteiger partial charge in [0.1, 0.15) is 0 Å². The van der Waals surface area contributed by atoms with Gasteiger partial charge in [-0.1, -0.05) is 0 Å². The fourth-order valence-corrected chi connectivity index (χ4v) is 0.946. The Morgan fingerprint density at radius 2 is 2.43 bits per heavy atom. The molecule has 14 heavy (non-hydrogen) atoms. The lowest BCUT2D eigenvalue weighted by atomic mass is 10.5. The minimum Gasteiger partial charge on any atom is -0.490 e. The number of carbonyl (C=O) groups is 1. The lowest BCUT2D eigenvalue weighted by Crippen LogP contribution is -2.07. The van der Waals surface area contributed by atoms with Crippen LogP contribution in [0.2, 0.25) is 0 Å². The van der Waals surface area contributed by atoms with E-state index in [4.69, 9.17) is 4.74 Å². The van der Waals surface area contributed by atoms with Crippen LogP contribution in [0.3, 0.4) is 0 Å². The predicted molar refractivity (Wildman–Crippen MR) is 50.0 cm³/mol. The Morgan fingerprint density at radius 1 is 1.64 bits per heavy atom. The zero-order valence-electron chi connectivity index (χ0n) is 8.40. The maximum Gasteiger partial charge on any atom is 0.308 e. The molecule has 0 aliphatic rings. The van der Waals surface area contributed by atoms with Crippen LogP contribution in [0, 0.1) is 0 Å². The molecular weight excluding hydrogens is 184 g/mol. The normalized spacial score (nSPS) is 9.86. The Labute approximate surface area is 82.6 Å². The summed E-state index contributed by atoms with van der Waals surface area (Å²) in [6.07, 6.45) is 3.67. The number of hydrogen-bond donors (Lipinski definition) is 0. The Hall–Kier alpha value is -1.52. The van der Waals surface area contributed by atoms with Gasteiger partial charge in [-0.15, -0.1) is 0 Å². The van der Waals surface area contributed by atoms with Gasteiger partial charge in [-0.25, -0.2) is 0 Å². The monoisotopic (exact) mass is 198 g/mol. The van der Waals surface area contributed by atoms with Crippen molar-refractivity contribution in [3.8, 4) is 5.75 Å². The van der Waals surface area contributed by atoms with Gasteiger partial charge in [-0.2, -0.15) is 5.10 Å². The molecule has 0 bridgehead atoms. The molecule has 1 rings (SSSR count). The van der Waals surface area contributed by atoms with Crippen molar-refractivity contribution in [2.24, 2.45) is 0 Å². The van der Waals surface area contributed by atoms with Crippen LogP contribution in [0.15, 0.2) is 12.4 Å². The second kappa shape index (κ2) is 5.26. The van der Waals surface area contributed by atoms with Crippen molar-refractivity contribution in [1.29, 1.82) is 0 Å². The Bertz CT molecular complexity index is 296. The summed E-state index contributed by atoms with van der Waals surface area (Å²) >= 11 is 0. The molecule has 0 amide bonds. The third-order valence-corrected chi connectivity index (χ3v) is 1.74. The molecule has 0 saturated heterocycles. The largest absolute Gasteiger partial charge is 0.490 e. The summed E-state index contributed by atoms with van der Waals surface area (Å²) in [6.45, 7) is 3.12. The average Bonchev–Trinajstić information content (AvgIpc) is 2.65. The SMILES string of the molecule is CCn1cc(OCCC(=O)OC)cn1. The van der Waals surface area contributed by atoms with Gasteiger partial charge < -0.3 is 9.47 Å². The smallest absolute Gasteiger partial charge is 0.308 e. The van der Waals surface area contributed by atoms with Gasteiger partial charge in [0.05, 0.1) is 32.5 Å². The lowest BCUT2D eigenvalue weighted by molar-refractivity contribution is -0.141. The minimum atomic E-state index is -0.270. The zero-order valence-corrected chi connectivity index (χ0v) is 8.40. The van der Waals surface area contributed by atoms with Gasteiger partial charge >= 0.3 is 5.97 Å². The van der Waals surface area contributed by atoms with E-state index in [2.05, 4.69) is 9.84 Å². The van der Waals surface area contributed by atoms with E-state index < -0.39 is 0 Å². The first-order chi connectivity index (χ1) is 6.76. The molecule has 0 N–H and O–H groups in total. The number of nitrogens with zero attached hydrogens (tertiary/aromatic N) is 2. The number of aromatic nitrogens is 2. The summed E-state index contributed by atoms with van der Waals surface area (Å²) in [7, 11) is 1.36. The molecule has 0 unspecified atom stereocenters. The summed E-state index contributed by atoms with van der Waals surface area (Å²) in [5.74, 6) is 0.406. The molecule has 1 aromatic heterocycles. The van der Waals surface area contributed by atoms with Gasteiger partial charge in [-0.05, 0) is 6.92 Å². The number of methoxy groups -OCH3 is 1. The van der Waals surface area contributed by atoms with Crippen molar-refractivity contribution < 1.29 is 14.3 Å². The Morgan fingerprint density at radius 3 is 3.00 bits per heavy atom.